The van der Waals surface area contributed by atoms with E-state index < -0.39 is 10.0 Å². The molecule has 2 rings (SSSR count). The Balaban J connectivity index is 1.89. The van der Waals surface area contributed by atoms with Crippen LogP contribution in [0.5, 0.6) is 0 Å². The SMILES string of the molecule is COCCCNC(=O)C1CCN(S(=O)(=O)c2cccc(C)c2)CC1. The third-order valence-electron chi connectivity index (χ3n) is 4.28. The molecular weight excluding hydrogens is 328 g/mol. The number of aryl methyl sites for hydroxylation is 1. The fourth-order valence-corrected chi connectivity index (χ4v) is 4.43. The molecule has 0 spiro atoms. The maximum absolute atomic E-state index is 12.7. The predicted molar refractivity (Wildman–Crippen MR) is 92.2 cm³/mol. The molecule has 6 nitrogen and oxygen atoms in total. The number of carbonyl (C=O) groups excluding carboxylic acids is 1. The normalized spacial score (nSPS) is 16.9. The molecule has 1 aliphatic heterocycles. The number of rotatable bonds is 7. The summed E-state index contributed by atoms with van der Waals surface area (Å²) >= 11 is 0. The van der Waals surface area contributed by atoms with Gasteiger partial charge in [0.25, 0.3) is 0 Å². The van der Waals surface area contributed by atoms with Crippen molar-refractivity contribution in [3.8, 4) is 0 Å². The summed E-state index contributed by atoms with van der Waals surface area (Å²) in [6, 6.07) is 6.93. The van der Waals surface area contributed by atoms with E-state index in [4.69, 9.17) is 4.74 Å². The molecule has 134 valence electrons. The van der Waals surface area contributed by atoms with Crippen LogP contribution in [0.15, 0.2) is 29.2 Å². The van der Waals surface area contributed by atoms with Crippen LogP contribution < -0.4 is 5.32 Å². The Morgan fingerprint density at radius 3 is 2.67 bits per heavy atom. The zero-order valence-corrected chi connectivity index (χ0v) is 15.1. The van der Waals surface area contributed by atoms with Crippen molar-refractivity contribution in [1.82, 2.24) is 9.62 Å². The Kier molecular flexibility index (Phi) is 6.77. The average Bonchev–Trinajstić information content (AvgIpc) is 2.58. The van der Waals surface area contributed by atoms with Gasteiger partial charge >= 0.3 is 0 Å². The summed E-state index contributed by atoms with van der Waals surface area (Å²) in [6.45, 7) is 3.85. The summed E-state index contributed by atoms with van der Waals surface area (Å²) in [5, 5.41) is 2.89. The molecule has 1 amide bonds. The van der Waals surface area contributed by atoms with E-state index in [0.29, 0.717) is 44.0 Å². The Hall–Kier alpha value is -1.44. The molecule has 7 heteroatoms. The van der Waals surface area contributed by atoms with E-state index in [1.54, 1.807) is 25.3 Å². The number of methoxy groups -OCH3 is 1. The molecule has 0 aliphatic carbocycles. The van der Waals surface area contributed by atoms with Crippen molar-refractivity contribution in [3.05, 3.63) is 29.8 Å². The Morgan fingerprint density at radius 1 is 1.33 bits per heavy atom. The van der Waals surface area contributed by atoms with Gasteiger partial charge in [0.15, 0.2) is 0 Å². The van der Waals surface area contributed by atoms with E-state index in [2.05, 4.69) is 5.32 Å². The first-order valence-electron chi connectivity index (χ1n) is 8.28. The fraction of sp³-hybridized carbons (Fsp3) is 0.588. The van der Waals surface area contributed by atoms with Crippen LogP contribution in [-0.2, 0) is 19.6 Å². The average molecular weight is 354 g/mol. The first kappa shape index (κ1) is 18.9. The van der Waals surface area contributed by atoms with E-state index in [-0.39, 0.29) is 11.8 Å². The molecule has 0 atom stereocenters. The van der Waals surface area contributed by atoms with Crippen LogP contribution in [0.4, 0.5) is 0 Å². The van der Waals surface area contributed by atoms with Crippen molar-refractivity contribution in [3.63, 3.8) is 0 Å². The first-order valence-corrected chi connectivity index (χ1v) is 9.72. The first-order chi connectivity index (χ1) is 11.4. The smallest absolute Gasteiger partial charge is 0.243 e. The van der Waals surface area contributed by atoms with Crippen molar-refractivity contribution in [2.75, 3.05) is 33.4 Å². The number of nitrogens with one attached hydrogen (secondary N) is 1. The molecular formula is C17H26N2O4S. The van der Waals surface area contributed by atoms with Gasteiger partial charge in [-0.25, -0.2) is 8.42 Å². The monoisotopic (exact) mass is 354 g/mol. The maximum Gasteiger partial charge on any atom is 0.243 e. The van der Waals surface area contributed by atoms with Crippen LogP contribution in [0, 0.1) is 12.8 Å². The summed E-state index contributed by atoms with van der Waals surface area (Å²) < 4.78 is 31.8. The summed E-state index contributed by atoms with van der Waals surface area (Å²) in [5.41, 5.74) is 0.918. The predicted octanol–water partition coefficient (Wildman–Crippen LogP) is 1.55. The van der Waals surface area contributed by atoms with E-state index >= 15 is 0 Å². The van der Waals surface area contributed by atoms with Crippen molar-refractivity contribution in [1.29, 1.82) is 0 Å². The maximum atomic E-state index is 12.7. The molecule has 1 fully saturated rings. The summed E-state index contributed by atoms with van der Waals surface area (Å²) in [6.07, 6.45) is 1.89. The number of hydrogen-bond donors (Lipinski definition) is 1. The summed E-state index contributed by atoms with van der Waals surface area (Å²) in [5.74, 6) is -0.102. The number of nitrogens with zero attached hydrogens (tertiary/aromatic N) is 1. The highest BCUT2D eigenvalue weighted by Gasteiger charge is 2.31. The highest BCUT2D eigenvalue weighted by atomic mass is 32.2. The number of sulfonamides is 1. The molecule has 0 unspecified atom stereocenters. The molecule has 1 aromatic rings. The van der Waals surface area contributed by atoms with Crippen LogP contribution in [-0.4, -0.2) is 52.0 Å². The summed E-state index contributed by atoms with van der Waals surface area (Å²) in [4.78, 5) is 12.4. The zero-order chi connectivity index (χ0) is 17.6. The number of benzene rings is 1. The minimum absolute atomic E-state index is 0.0127. The third-order valence-corrected chi connectivity index (χ3v) is 6.17. The van der Waals surface area contributed by atoms with Crippen LogP contribution >= 0.6 is 0 Å². The second-order valence-corrected chi connectivity index (χ2v) is 8.07. The lowest BCUT2D eigenvalue weighted by atomic mass is 9.97. The fourth-order valence-electron chi connectivity index (χ4n) is 2.86. The van der Waals surface area contributed by atoms with Gasteiger partial charge in [0, 0.05) is 39.3 Å². The number of ether oxygens (including phenoxy) is 1. The minimum Gasteiger partial charge on any atom is -0.385 e. The van der Waals surface area contributed by atoms with Gasteiger partial charge in [-0.05, 0) is 43.9 Å². The quantitative estimate of drug-likeness (QED) is 0.754. The van der Waals surface area contributed by atoms with Crippen molar-refractivity contribution in [2.45, 2.75) is 31.1 Å². The highest BCUT2D eigenvalue weighted by molar-refractivity contribution is 7.89. The van der Waals surface area contributed by atoms with Crippen molar-refractivity contribution >= 4 is 15.9 Å². The largest absolute Gasteiger partial charge is 0.385 e. The number of hydrogen-bond acceptors (Lipinski definition) is 4. The van der Waals surface area contributed by atoms with Gasteiger partial charge in [0.1, 0.15) is 0 Å². The third kappa shape index (κ3) is 4.78. The van der Waals surface area contributed by atoms with E-state index in [0.717, 1.165) is 12.0 Å². The van der Waals surface area contributed by atoms with Crippen LogP contribution in [0.3, 0.4) is 0 Å². The summed E-state index contributed by atoms with van der Waals surface area (Å²) in [7, 11) is -1.84. The molecule has 0 saturated carbocycles. The van der Waals surface area contributed by atoms with E-state index in [1.807, 2.05) is 13.0 Å². The molecule has 0 bridgehead atoms. The zero-order valence-electron chi connectivity index (χ0n) is 14.3. The number of piperidine rings is 1. The number of amides is 1. The molecule has 1 saturated heterocycles. The lowest BCUT2D eigenvalue weighted by Gasteiger charge is -2.30. The molecule has 24 heavy (non-hydrogen) atoms. The van der Waals surface area contributed by atoms with Crippen LogP contribution in [0.25, 0.3) is 0 Å². The lowest BCUT2D eigenvalue weighted by molar-refractivity contribution is -0.126. The van der Waals surface area contributed by atoms with Gasteiger partial charge in [-0.1, -0.05) is 12.1 Å². The van der Waals surface area contributed by atoms with Crippen molar-refractivity contribution < 1.29 is 17.9 Å². The minimum atomic E-state index is -3.47. The second kappa shape index (κ2) is 8.60. The molecule has 1 aliphatic rings. The topological polar surface area (TPSA) is 75.7 Å². The second-order valence-electron chi connectivity index (χ2n) is 6.13. The molecule has 1 aromatic carbocycles. The molecule has 0 aromatic heterocycles. The van der Waals surface area contributed by atoms with Gasteiger partial charge in [0.2, 0.25) is 15.9 Å². The van der Waals surface area contributed by atoms with E-state index in [1.165, 1.54) is 4.31 Å². The molecule has 1 N–H and O–H groups in total. The van der Waals surface area contributed by atoms with Crippen LogP contribution in [0.2, 0.25) is 0 Å². The Bertz CT molecular complexity index is 652. The number of carbonyl (C=O) groups is 1. The standard InChI is InChI=1S/C17H26N2O4S/c1-14-5-3-6-16(13-14)24(21,22)19-10-7-15(8-11-19)17(20)18-9-4-12-23-2/h3,5-6,13,15H,4,7-12H2,1-2H3,(H,18,20). The Morgan fingerprint density at radius 2 is 2.04 bits per heavy atom. The van der Waals surface area contributed by atoms with E-state index in [9.17, 15) is 13.2 Å². The van der Waals surface area contributed by atoms with Gasteiger partial charge in [-0.2, -0.15) is 4.31 Å². The van der Waals surface area contributed by atoms with Gasteiger partial charge < -0.3 is 10.1 Å². The van der Waals surface area contributed by atoms with Gasteiger partial charge in [0.05, 0.1) is 4.90 Å². The highest BCUT2D eigenvalue weighted by Crippen LogP contribution is 2.24. The lowest BCUT2D eigenvalue weighted by Crippen LogP contribution is -2.43. The Labute approximate surface area is 144 Å². The van der Waals surface area contributed by atoms with Gasteiger partial charge in [-0.3, -0.25) is 4.79 Å². The molecule has 0 radical (unpaired) electrons. The van der Waals surface area contributed by atoms with Crippen LogP contribution in [0.1, 0.15) is 24.8 Å². The molecule has 1 heterocycles. The van der Waals surface area contributed by atoms with Gasteiger partial charge in [-0.15, -0.1) is 0 Å². The van der Waals surface area contributed by atoms with Crippen molar-refractivity contribution in [2.24, 2.45) is 5.92 Å².